The van der Waals surface area contributed by atoms with Gasteiger partial charge in [-0.05, 0) is 50.5 Å². The van der Waals surface area contributed by atoms with E-state index in [-0.39, 0.29) is 12.4 Å². The SMILES string of the molecule is Cl.NCCC1CCCN(C(=O)CC2CCCCCC2)C1. The van der Waals surface area contributed by atoms with Gasteiger partial charge in [0.15, 0.2) is 0 Å². The summed E-state index contributed by atoms with van der Waals surface area (Å²) in [6, 6.07) is 0. The van der Waals surface area contributed by atoms with Crippen molar-refractivity contribution in [2.75, 3.05) is 19.6 Å². The molecular weight excluding hydrogens is 272 g/mol. The number of nitrogens with zero attached hydrogens (tertiary/aromatic N) is 1. The van der Waals surface area contributed by atoms with Crippen LogP contribution in [0.2, 0.25) is 0 Å². The van der Waals surface area contributed by atoms with E-state index < -0.39 is 0 Å². The van der Waals surface area contributed by atoms with Crippen molar-refractivity contribution >= 4 is 18.3 Å². The van der Waals surface area contributed by atoms with Gasteiger partial charge in [-0.3, -0.25) is 4.79 Å². The molecule has 1 unspecified atom stereocenters. The van der Waals surface area contributed by atoms with E-state index in [0.29, 0.717) is 17.7 Å². The minimum atomic E-state index is 0. The third-order valence-corrected chi connectivity index (χ3v) is 4.88. The standard InChI is InChI=1S/C16H30N2O.ClH/c17-10-9-15-8-5-11-18(13-15)16(19)12-14-6-3-1-2-4-7-14;/h14-15H,1-13,17H2;1H. The molecule has 1 aliphatic carbocycles. The molecule has 0 aromatic heterocycles. The summed E-state index contributed by atoms with van der Waals surface area (Å²) in [5.41, 5.74) is 5.64. The molecule has 2 aliphatic rings. The largest absolute Gasteiger partial charge is 0.342 e. The smallest absolute Gasteiger partial charge is 0.222 e. The highest BCUT2D eigenvalue weighted by atomic mass is 35.5. The van der Waals surface area contributed by atoms with Gasteiger partial charge in [-0.25, -0.2) is 0 Å². The molecular formula is C16H31ClN2O. The molecule has 3 nitrogen and oxygen atoms in total. The van der Waals surface area contributed by atoms with Gasteiger partial charge in [0.05, 0.1) is 0 Å². The first-order valence-electron chi connectivity index (χ1n) is 8.27. The van der Waals surface area contributed by atoms with Gasteiger partial charge in [0.1, 0.15) is 0 Å². The van der Waals surface area contributed by atoms with Crippen LogP contribution in [0, 0.1) is 11.8 Å². The zero-order valence-corrected chi connectivity index (χ0v) is 13.5. The van der Waals surface area contributed by atoms with Crippen molar-refractivity contribution in [2.45, 2.75) is 64.2 Å². The van der Waals surface area contributed by atoms with Crippen LogP contribution >= 0.6 is 12.4 Å². The van der Waals surface area contributed by atoms with Gasteiger partial charge < -0.3 is 10.6 Å². The van der Waals surface area contributed by atoms with Crippen LogP contribution < -0.4 is 5.73 Å². The number of nitrogens with two attached hydrogens (primary N) is 1. The maximum absolute atomic E-state index is 12.4. The maximum Gasteiger partial charge on any atom is 0.222 e. The maximum atomic E-state index is 12.4. The van der Waals surface area contributed by atoms with Gasteiger partial charge in [0.25, 0.3) is 0 Å². The summed E-state index contributed by atoms with van der Waals surface area (Å²) in [7, 11) is 0. The van der Waals surface area contributed by atoms with Crippen molar-refractivity contribution < 1.29 is 4.79 Å². The lowest BCUT2D eigenvalue weighted by molar-refractivity contribution is -0.134. The number of hydrogen-bond acceptors (Lipinski definition) is 2. The molecule has 0 spiro atoms. The summed E-state index contributed by atoms with van der Waals surface area (Å²) < 4.78 is 0. The van der Waals surface area contributed by atoms with Crippen LogP contribution in [0.15, 0.2) is 0 Å². The number of carbonyl (C=O) groups is 1. The van der Waals surface area contributed by atoms with Gasteiger partial charge in [-0.1, -0.05) is 25.7 Å². The van der Waals surface area contributed by atoms with Crippen molar-refractivity contribution in [3.63, 3.8) is 0 Å². The minimum absolute atomic E-state index is 0. The molecule has 2 N–H and O–H groups in total. The number of rotatable bonds is 4. The van der Waals surface area contributed by atoms with E-state index in [2.05, 4.69) is 4.90 Å². The Balaban J connectivity index is 0.00000200. The summed E-state index contributed by atoms with van der Waals surface area (Å²) >= 11 is 0. The molecule has 1 saturated carbocycles. The fourth-order valence-electron chi connectivity index (χ4n) is 3.71. The summed E-state index contributed by atoms with van der Waals surface area (Å²) in [5.74, 6) is 1.72. The first kappa shape index (κ1) is 17.8. The zero-order valence-electron chi connectivity index (χ0n) is 12.7. The highest BCUT2D eigenvalue weighted by Gasteiger charge is 2.25. The lowest BCUT2D eigenvalue weighted by Crippen LogP contribution is -2.41. The van der Waals surface area contributed by atoms with Crippen LogP contribution in [0.3, 0.4) is 0 Å². The first-order valence-corrected chi connectivity index (χ1v) is 8.27. The van der Waals surface area contributed by atoms with Crippen molar-refractivity contribution in [3.8, 4) is 0 Å². The normalized spacial score (nSPS) is 24.9. The fourth-order valence-corrected chi connectivity index (χ4v) is 3.71. The van der Waals surface area contributed by atoms with Crippen LogP contribution in [-0.2, 0) is 4.79 Å². The molecule has 4 heteroatoms. The Hall–Kier alpha value is -0.280. The Morgan fingerprint density at radius 2 is 1.65 bits per heavy atom. The van der Waals surface area contributed by atoms with Crippen LogP contribution in [0.5, 0.6) is 0 Å². The highest BCUT2D eigenvalue weighted by Crippen LogP contribution is 2.27. The van der Waals surface area contributed by atoms with Gasteiger partial charge >= 0.3 is 0 Å². The molecule has 1 heterocycles. The Morgan fingerprint density at radius 3 is 2.30 bits per heavy atom. The summed E-state index contributed by atoms with van der Waals surface area (Å²) in [6.07, 6.45) is 12.2. The van der Waals surface area contributed by atoms with Crippen LogP contribution in [-0.4, -0.2) is 30.4 Å². The second kappa shape index (κ2) is 9.62. The number of piperidine rings is 1. The molecule has 1 saturated heterocycles. The van der Waals surface area contributed by atoms with Crippen LogP contribution in [0.1, 0.15) is 64.2 Å². The van der Waals surface area contributed by atoms with E-state index in [1.54, 1.807) is 0 Å². The zero-order chi connectivity index (χ0) is 13.5. The predicted octanol–water partition coefficient (Wildman–Crippen LogP) is 3.36. The minimum Gasteiger partial charge on any atom is -0.342 e. The number of hydrogen-bond donors (Lipinski definition) is 1. The lowest BCUT2D eigenvalue weighted by atomic mass is 9.92. The Kier molecular flexibility index (Phi) is 8.55. The average Bonchev–Trinajstić information content (AvgIpc) is 2.68. The Morgan fingerprint density at radius 1 is 1.00 bits per heavy atom. The van der Waals surface area contributed by atoms with Gasteiger partial charge in [-0.15, -0.1) is 12.4 Å². The van der Waals surface area contributed by atoms with E-state index in [1.807, 2.05) is 0 Å². The summed E-state index contributed by atoms with van der Waals surface area (Å²) in [6.45, 7) is 2.70. The molecule has 1 amide bonds. The predicted molar refractivity (Wildman–Crippen MR) is 86.0 cm³/mol. The number of amides is 1. The van der Waals surface area contributed by atoms with Crippen LogP contribution in [0.25, 0.3) is 0 Å². The van der Waals surface area contributed by atoms with E-state index in [9.17, 15) is 4.79 Å². The lowest BCUT2D eigenvalue weighted by Gasteiger charge is -2.33. The van der Waals surface area contributed by atoms with Gasteiger partial charge in [-0.2, -0.15) is 0 Å². The van der Waals surface area contributed by atoms with Crippen molar-refractivity contribution in [2.24, 2.45) is 17.6 Å². The highest BCUT2D eigenvalue weighted by molar-refractivity contribution is 5.85. The molecule has 2 rings (SSSR count). The summed E-state index contributed by atoms with van der Waals surface area (Å²) in [5, 5.41) is 0. The quantitative estimate of drug-likeness (QED) is 0.810. The molecule has 0 aromatic carbocycles. The van der Waals surface area contributed by atoms with E-state index in [1.165, 1.54) is 51.4 Å². The molecule has 1 atom stereocenters. The Bertz CT molecular complexity index is 276. The topological polar surface area (TPSA) is 46.3 Å². The second-order valence-electron chi connectivity index (χ2n) is 6.49. The molecule has 1 aliphatic heterocycles. The van der Waals surface area contributed by atoms with Crippen molar-refractivity contribution in [1.29, 1.82) is 0 Å². The van der Waals surface area contributed by atoms with Crippen LogP contribution in [0.4, 0.5) is 0 Å². The molecule has 118 valence electrons. The second-order valence-corrected chi connectivity index (χ2v) is 6.49. The fraction of sp³-hybridized carbons (Fsp3) is 0.938. The number of halogens is 1. The molecule has 20 heavy (non-hydrogen) atoms. The van der Waals surface area contributed by atoms with Gasteiger partial charge in [0.2, 0.25) is 5.91 Å². The molecule has 0 aromatic rings. The van der Waals surface area contributed by atoms with Gasteiger partial charge in [0, 0.05) is 19.5 Å². The molecule has 0 radical (unpaired) electrons. The Labute approximate surface area is 130 Å². The summed E-state index contributed by atoms with van der Waals surface area (Å²) in [4.78, 5) is 14.5. The number of carbonyl (C=O) groups excluding carboxylic acids is 1. The third-order valence-electron chi connectivity index (χ3n) is 4.88. The number of likely N-dealkylation sites (tertiary alicyclic amines) is 1. The van der Waals surface area contributed by atoms with Crippen molar-refractivity contribution in [3.05, 3.63) is 0 Å². The molecule has 0 bridgehead atoms. The first-order chi connectivity index (χ1) is 9.29. The average molecular weight is 303 g/mol. The van der Waals surface area contributed by atoms with E-state index in [0.717, 1.165) is 32.5 Å². The van der Waals surface area contributed by atoms with Crippen molar-refractivity contribution in [1.82, 2.24) is 4.90 Å². The van der Waals surface area contributed by atoms with E-state index >= 15 is 0 Å². The molecule has 2 fully saturated rings. The monoisotopic (exact) mass is 302 g/mol. The van der Waals surface area contributed by atoms with E-state index in [4.69, 9.17) is 5.73 Å². The third kappa shape index (κ3) is 5.61.